The fraction of sp³-hybridized carbons (Fsp3) is 0.200. The summed E-state index contributed by atoms with van der Waals surface area (Å²) < 4.78 is 0. The molecule has 1 saturated carbocycles. The number of hydrogen-bond acceptors (Lipinski definition) is 5. The van der Waals surface area contributed by atoms with Crippen molar-refractivity contribution >= 4 is 46.5 Å². The van der Waals surface area contributed by atoms with Crippen LogP contribution in [0.2, 0.25) is 0 Å². The van der Waals surface area contributed by atoms with Gasteiger partial charge in [0, 0.05) is 33.2 Å². The van der Waals surface area contributed by atoms with Crippen LogP contribution in [0.25, 0.3) is 0 Å². The largest absolute Gasteiger partial charge is 0.326 e. The normalized spacial score (nSPS) is 15.3. The van der Waals surface area contributed by atoms with Crippen molar-refractivity contribution in [3.8, 4) is 0 Å². The molecule has 7 heteroatoms. The van der Waals surface area contributed by atoms with Gasteiger partial charge >= 0.3 is 0 Å². The SMILES string of the molecule is O=C1c2ccccc2C(=O)c2c(NC(=O)C(Sc3ccc(NC(=O)C4CCCCC4)cc3)c3ccccc3)cccc21. The number of anilines is 2. The minimum Gasteiger partial charge on any atom is -0.326 e. The Kier molecular flexibility index (Phi) is 8.02. The van der Waals surface area contributed by atoms with Gasteiger partial charge in [0.2, 0.25) is 11.8 Å². The molecule has 4 aromatic carbocycles. The number of rotatable bonds is 7. The van der Waals surface area contributed by atoms with Crippen molar-refractivity contribution in [1.29, 1.82) is 0 Å². The highest BCUT2D eigenvalue weighted by Gasteiger charge is 2.32. The van der Waals surface area contributed by atoms with Gasteiger partial charge in [0.15, 0.2) is 11.6 Å². The second kappa shape index (κ2) is 12.2. The van der Waals surface area contributed by atoms with Crippen LogP contribution in [-0.2, 0) is 9.59 Å². The van der Waals surface area contributed by atoms with Crippen LogP contribution in [0.5, 0.6) is 0 Å². The van der Waals surface area contributed by atoms with Crippen molar-refractivity contribution in [2.45, 2.75) is 42.2 Å². The molecule has 6 nitrogen and oxygen atoms in total. The van der Waals surface area contributed by atoms with E-state index in [1.807, 2.05) is 54.6 Å². The van der Waals surface area contributed by atoms with E-state index in [1.165, 1.54) is 18.2 Å². The van der Waals surface area contributed by atoms with Crippen LogP contribution in [-0.4, -0.2) is 23.4 Å². The fourth-order valence-corrected chi connectivity index (χ4v) is 6.73. The van der Waals surface area contributed by atoms with E-state index in [9.17, 15) is 19.2 Å². The first-order chi connectivity index (χ1) is 20.5. The van der Waals surface area contributed by atoms with Crippen molar-refractivity contribution in [1.82, 2.24) is 0 Å². The average Bonchev–Trinajstić information content (AvgIpc) is 3.04. The number of carbonyl (C=O) groups excluding carboxylic acids is 4. The highest BCUT2D eigenvalue weighted by atomic mass is 32.2. The summed E-state index contributed by atoms with van der Waals surface area (Å²) >= 11 is 1.38. The Balaban J connectivity index is 1.23. The zero-order chi connectivity index (χ0) is 29.1. The van der Waals surface area contributed by atoms with Crippen LogP contribution < -0.4 is 10.6 Å². The number of ketones is 2. The molecule has 2 aliphatic rings. The molecule has 2 aliphatic carbocycles. The van der Waals surface area contributed by atoms with E-state index >= 15 is 0 Å². The van der Waals surface area contributed by atoms with E-state index in [2.05, 4.69) is 10.6 Å². The van der Waals surface area contributed by atoms with Crippen LogP contribution in [0.15, 0.2) is 102 Å². The topological polar surface area (TPSA) is 92.3 Å². The van der Waals surface area contributed by atoms with Gasteiger partial charge in [0.25, 0.3) is 0 Å². The summed E-state index contributed by atoms with van der Waals surface area (Å²) in [6.45, 7) is 0. The van der Waals surface area contributed by atoms with E-state index in [0.29, 0.717) is 16.8 Å². The summed E-state index contributed by atoms with van der Waals surface area (Å²) in [6.07, 6.45) is 5.26. The standard InChI is InChI=1S/C35H30N2O4S/c38-31-26-14-7-8-15-27(26)32(39)30-28(31)16-9-17-29(30)37-35(41)33(22-10-3-1-4-11-22)42-25-20-18-24(19-21-25)36-34(40)23-12-5-2-6-13-23/h1,3-4,7-11,14-21,23,33H,2,5-6,12-13H2,(H,36,40)(H,37,41). The zero-order valence-electron chi connectivity index (χ0n) is 23.0. The van der Waals surface area contributed by atoms with Gasteiger partial charge in [0.05, 0.1) is 11.3 Å². The molecule has 1 unspecified atom stereocenters. The maximum Gasteiger partial charge on any atom is 0.242 e. The van der Waals surface area contributed by atoms with Gasteiger partial charge in [0.1, 0.15) is 5.25 Å². The quantitative estimate of drug-likeness (QED) is 0.197. The molecule has 6 rings (SSSR count). The van der Waals surface area contributed by atoms with E-state index in [0.717, 1.165) is 41.8 Å². The van der Waals surface area contributed by atoms with Crippen molar-refractivity contribution in [2.75, 3.05) is 10.6 Å². The van der Waals surface area contributed by atoms with Gasteiger partial charge in [-0.1, -0.05) is 86.0 Å². The van der Waals surface area contributed by atoms with E-state index in [4.69, 9.17) is 0 Å². The summed E-state index contributed by atoms with van der Waals surface area (Å²) in [4.78, 5) is 54.0. The van der Waals surface area contributed by atoms with Gasteiger partial charge in [-0.2, -0.15) is 0 Å². The number of thioether (sulfide) groups is 1. The van der Waals surface area contributed by atoms with Crippen LogP contribution >= 0.6 is 11.8 Å². The smallest absolute Gasteiger partial charge is 0.242 e. The maximum atomic E-state index is 13.8. The lowest BCUT2D eigenvalue weighted by Crippen LogP contribution is -2.25. The fourth-order valence-electron chi connectivity index (χ4n) is 5.71. The van der Waals surface area contributed by atoms with E-state index < -0.39 is 5.25 Å². The molecule has 210 valence electrons. The summed E-state index contributed by atoms with van der Waals surface area (Å²) in [5.74, 6) is -0.697. The third-order valence-electron chi connectivity index (χ3n) is 7.90. The molecule has 0 heterocycles. The van der Waals surface area contributed by atoms with Gasteiger partial charge in [-0.3, -0.25) is 19.2 Å². The van der Waals surface area contributed by atoms with Crippen molar-refractivity contribution in [3.63, 3.8) is 0 Å². The van der Waals surface area contributed by atoms with E-state index in [1.54, 1.807) is 42.5 Å². The Hall–Kier alpha value is -4.49. The Bertz CT molecular complexity index is 1660. The number of benzene rings is 4. The van der Waals surface area contributed by atoms with Crippen LogP contribution in [0, 0.1) is 5.92 Å². The van der Waals surface area contributed by atoms with Crippen molar-refractivity contribution in [3.05, 3.63) is 125 Å². The molecule has 0 bridgehead atoms. The lowest BCUT2D eigenvalue weighted by molar-refractivity contribution is -0.120. The first-order valence-corrected chi connectivity index (χ1v) is 15.1. The average molecular weight is 575 g/mol. The zero-order valence-corrected chi connectivity index (χ0v) is 23.8. The molecule has 0 spiro atoms. The molecule has 42 heavy (non-hydrogen) atoms. The minimum atomic E-state index is -0.633. The Morgan fingerprint density at radius 3 is 2.02 bits per heavy atom. The molecule has 1 atom stereocenters. The minimum absolute atomic E-state index is 0.0679. The summed E-state index contributed by atoms with van der Waals surface area (Å²) in [6, 6.07) is 28.7. The Morgan fingerprint density at radius 2 is 1.31 bits per heavy atom. The number of amides is 2. The predicted molar refractivity (Wildman–Crippen MR) is 165 cm³/mol. The van der Waals surface area contributed by atoms with Gasteiger partial charge < -0.3 is 10.6 Å². The van der Waals surface area contributed by atoms with Crippen LogP contribution in [0.3, 0.4) is 0 Å². The van der Waals surface area contributed by atoms with Gasteiger partial charge in [-0.25, -0.2) is 0 Å². The summed E-state index contributed by atoms with van der Waals surface area (Å²) in [5.41, 5.74) is 3.04. The Labute approximate surface area is 248 Å². The predicted octanol–water partition coefficient (Wildman–Crippen LogP) is 7.45. The molecular formula is C35H30N2O4S. The number of nitrogens with one attached hydrogen (secondary N) is 2. The molecule has 0 saturated heterocycles. The van der Waals surface area contributed by atoms with E-state index in [-0.39, 0.29) is 40.4 Å². The van der Waals surface area contributed by atoms with Crippen molar-refractivity contribution < 1.29 is 19.2 Å². The van der Waals surface area contributed by atoms with Crippen LogP contribution in [0.1, 0.15) is 74.8 Å². The monoisotopic (exact) mass is 574 g/mol. The Morgan fingerprint density at radius 1 is 0.667 bits per heavy atom. The summed E-state index contributed by atoms with van der Waals surface area (Å²) in [5, 5.41) is 5.36. The molecule has 0 radical (unpaired) electrons. The number of carbonyl (C=O) groups is 4. The molecule has 2 amide bonds. The molecule has 2 N–H and O–H groups in total. The third kappa shape index (κ3) is 5.65. The molecule has 0 aliphatic heterocycles. The highest BCUT2D eigenvalue weighted by Crippen LogP contribution is 2.38. The molecular weight excluding hydrogens is 544 g/mol. The summed E-state index contributed by atoms with van der Waals surface area (Å²) in [7, 11) is 0. The first-order valence-electron chi connectivity index (χ1n) is 14.2. The second-order valence-electron chi connectivity index (χ2n) is 10.7. The van der Waals surface area contributed by atoms with Crippen molar-refractivity contribution in [2.24, 2.45) is 5.92 Å². The maximum absolute atomic E-state index is 13.8. The van der Waals surface area contributed by atoms with Gasteiger partial charge in [-0.15, -0.1) is 11.8 Å². The van der Waals surface area contributed by atoms with Gasteiger partial charge in [-0.05, 0) is 48.7 Å². The molecule has 1 fully saturated rings. The molecule has 0 aromatic heterocycles. The lowest BCUT2D eigenvalue weighted by Gasteiger charge is -2.22. The lowest BCUT2D eigenvalue weighted by atomic mass is 9.83. The first kappa shape index (κ1) is 27.7. The third-order valence-corrected chi connectivity index (χ3v) is 9.17. The second-order valence-corrected chi connectivity index (χ2v) is 11.9. The highest BCUT2D eigenvalue weighted by molar-refractivity contribution is 8.00. The number of fused-ring (bicyclic) bond motifs is 2. The number of hydrogen-bond donors (Lipinski definition) is 2. The molecule has 4 aromatic rings. The van der Waals surface area contributed by atoms with Crippen LogP contribution in [0.4, 0.5) is 11.4 Å².